The lowest BCUT2D eigenvalue weighted by molar-refractivity contribution is -0.131. The molecule has 1 N–H and O–H groups in total. The number of carbonyl (C=O) groups excluding carboxylic acids is 2. The molecular formula is C19H26N2O2S. The predicted molar refractivity (Wildman–Crippen MR) is 94.5 cm³/mol. The van der Waals surface area contributed by atoms with Crippen molar-refractivity contribution in [2.45, 2.75) is 51.5 Å². The first-order valence-electron chi connectivity index (χ1n) is 9.24. The first-order valence-corrected chi connectivity index (χ1v) is 10.1. The summed E-state index contributed by atoms with van der Waals surface area (Å²) in [4.78, 5) is 28.1. The van der Waals surface area contributed by atoms with Crippen LogP contribution in [0, 0.1) is 17.3 Å². The number of thiophene rings is 1. The largest absolute Gasteiger partial charge is 0.351 e. The number of rotatable bonds is 5. The van der Waals surface area contributed by atoms with Crippen LogP contribution in [0.5, 0.6) is 0 Å². The maximum absolute atomic E-state index is 12.5. The van der Waals surface area contributed by atoms with E-state index in [-0.39, 0.29) is 17.2 Å². The van der Waals surface area contributed by atoms with E-state index in [1.165, 1.54) is 30.6 Å². The number of amides is 2. The van der Waals surface area contributed by atoms with Crippen LogP contribution in [0.3, 0.4) is 0 Å². The van der Waals surface area contributed by atoms with Crippen molar-refractivity contribution >= 4 is 23.2 Å². The van der Waals surface area contributed by atoms with Gasteiger partial charge in [-0.1, -0.05) is 18.9 Å². The number of carbonyl (C=O) groups is 2. The summed E-state index contributed by atoms with van der Waals surface area (Å²) in [6.45, 7) is 2.28. The molecule has 0 aromatic carbocycles. The van der Waals surface area contributed by atoms with Crippen LogP contribution in [0.4, 0.5) is 0 Å². The SMILES string of the molecule is O=C(NCc1cccs1)[C@@H]1C[C@@]12CCN(C(=O)CC1CCCC1)C2. The lowest BCUT2D eigenvalue weighted by atomic mass is 10.0. The third kappa shape index (κ3) is 3.23. The summed E-state index contributed by atoms with van der Waals surface area (Å²) in [7, 11) is 0. The molecule has 3 aliphatic rings. The van der Waals surface area contributed by atoms with E-state index in [1.54, 1.807) is 11.3 Å². The van der Waals surface area contributed by atoms with Gasteiger partial charge in [-0.2, -0.15) is 0 Å². The van der Waals surface area contributed by atoms with Crippen molar-refractivity contribution in [3.8, 4) is 0 Å². The predicted octanol–water partition coefficient (Wildman–Crippen LogP) is 3.18. The van der Waals surface area contributed by atoms with E-state index in [0.29, 0.717) is 18.4 Å². The summed E-state index contributed by atoms with van der Waals surface area (Å²) in [6, 6.07) is 4.06. The Hall–Kier alpha value is -1.36. The molecule has 1 saturated heterocycles. The molecule has 1 aromatic rings. The second-order valence-corrected chi connectivity index (χ2v) is 8.87. The van der Waals surface area contributed by atoms with Crippen molar-refractivity contribution < 1.29 is 9.59 Å². The number of hydrogen-bond acceptors (Lipinski definition) is 3. The van der Waals surface area contributed by atoms with Gasteiger partial charge in [0.1, 0.15) is 0 Å². The molecule has 3 fully saturated rings. The molecule has 2 amide bonds. The molecule has 2 saturated carbocycles. The van der Waals surface area contributed by atoms with E-state index in [9.17, 15) is 9.59 Å². The summed E-state index contributed by atoms with van der Waals surface area (Å²) in [6.07, 6.45) is 7.70. The van der Waals surface area contributed by atoms with Crippen molar-refractivity contribution in [2.75, 3.05) is 13.1 Å². The molecule has 5 heteroatoms. The maximum atomic E-state index is 12.5. The highest BCUT2D eigenvalue weighted by atomic mass is 32.1. The number of likely N-dealkylation sites (tertiary alicyclic amines) is 1. The van der Waals surface area contributed by atoms with Crippen molar-refractivity contribution in [2.24, 2.45) is 17.3 Å². The lowest BCUT2D eigenvalue weighted by Gasteiger charge is -2.19. The minimum Gasteiger partial charge on any atom is -0.351 e. The van der Waals surface area contributed by atoms with Crippen LogP contribution in [0.25, 0.3) is 0 Å². The van der Waals surface area contributed by atoms with E-state index in [2.05, 4.69) is 5.32 Å². The van der Waals surface area contributed by atoms with Crippen LogP contribution in [0.15, 0.2) is 17.5 Å². The second-order valence-electron chi connectivity index (χ2n) is 7.84. The Labute approximate surface area is 147 Å². The van der Waals surface area contributed by atoms with Gasteiger partial charge < -0.3 is 10.2 Å². The van der Waals surface area contributed by atoms with Crippen LogP contribution in [0.2, 0.25) is 0 Å². The van der Waals surface area contributed by atoms with Crippen molar-refractivity contribution in [1.82, 2.24) is 10.2 Å². The Kier molecular flexibility index (Phi) is 4.37. The topological polar surface area (TPSA) is 49.4 Å². The van der Waals surface area contributed by atoms with Gasteiger partial charge in [-0.15, -0.1) is 11.3 Å². The lowest BCUT2D eigenvalue weighted by Crippen LogP contribution is -2.31. The standard InChI is InChI=1S/C19H26N2O2S/c22-17(10-14-4-1-2-5-14)21-8-7-19(13-21)11-16(19)18(23)20-12-15-6-3-9-24-15/h3,6,9,14,16H,1-2,4-5,7-8,10-13H2,(H,20,23)/t16-,19+/m0/s1. The molecule has 2 aliphatic carbocycles. The highest BCUT2D eigenvalue weighted by Gasteiger charge is 2.61. The molecule has 4 nitrogen and oxygen atoms in total. The summed E-state index contributed by atoms with van der Waals surface area (Å²) in [5, 5.41) is 5.10. The van der Waals surface area contributed by atoms with Gasteiger partial charge in [0.05, 0.1) is 6.54 Å². The van der Waals surface area contributed by atoms with Crippen molar-refractivity contribution in [1.29, 1.82) is 0 Å². The van der Waals surface area contributed by atoms with Crippen molar-refractivity contribution in [3.63, 3.8) is 0 Å². The Balaban J connectivity index is 1.25. The van der Waals surface area contributed by atoms with E-state index in [0.717, 1.165) is 32.4 Å². The smallest absolute Gasteiger partial charge is 0.224 e. The average Bonchev–Trinajstić information content (AvgIpc) is 3.07. The van der Waals surface area contributed by atoms with Crippen LogP contribution in [-0.2, 0) is 16.1 Å². The summed E-state index contributed by atoms with van der Waals surface area (Å²) < 4.78 is 0. The molecule has 130 valence electrons. The van der Waals surface area contributed by atoms with Gasteiger partial charge in [0, 0.05) is 35.7 Å². The minimum atomic E-state index is 0.0882. The summed E-state index contributed by atoms with van der Waals surface area (Å²) in [5.41, 5.74) is 0.0882. The van der Waals surface area contributed by atoms with Gasteiger partial charge in [0.25, 0.3) is 0 Å². The Morgan fingerprint density at radius 1 is 1.33 bits per heavy atom. The molecule has 0 unspecified atom stereocenters. The average molecular weight is 346 g/mol. The maximum Gasteiger partial charge on any atom is 0.224 e. The summed E-state index contributed by atoms with van der Waals surface area (Å²) in [5.74, 6) is 1.22. The molecule has 2 atom stereocenters. The molecule has 0 radical (unpaired) electrons. The van der Waals surface area contributed by atoms with Gasteiger partial charge in [-0.05, 0) is 43.0 Å². The fourth-order valence-electron chi connectivity index (χ4n) is 4.58. The van der Waals surface area contributed by atoms with E-state index in [4.69, 9.17) is 0 Å². The third-order valence-electron chi connectivity index (χ3n) is 6.20. The molecule has 4 rings (SSSR count). The van der Waals surface area contributed by atoms with Gasteiger partial charge in [0.15, 0.2) is 0 Å². The second kappa shape index (κ2) is 6.51. The molecule has 24 heavy (non-hydrogen) atoms. The number of hydrogen-bond donors (Lipinski definition) is 1. The molecule has 1 aliphatic heterocycles. The highest BCUT2D eigenvalue weighted by molar-refractivity contribution is 7.09. The molecular weight excluding hydrogens is 320 g/mol. The van der Waals surface area contributed by atoms with Crippen LogP contribution < -0.4 is 5.32 Å². The number of nitrogens with one attached hydrogen (secondary N) is 1. The van der Waals surface area contributed by atoms with Gasteiger partial charge in [-0.25, -0.2) is 0 Å². The van der Waals surface area contributed by atoms with Gasteiger partial charge in [0.2, 0.25) is 11.8 Å². The summed E-state index contributed by atoms with van der Waals surface area (Å²) >= 11 is 1.67. The van der Waals surface area contributed by atoms with E-state index < -0.39 is 0 Å². The zero-order chi connectivity index (χ0) is 16.6. The Morgan fingerprint density at radius 3 is 2.92 bits per heavy atom. The first-order chi connectivity index (χ1) is 11.7. The van der Waals surface area contributed by atoms with Crippen LogP contribution >= 0.6 is 11.3 Å². The molecule has 1 aromatic heterocycles. The Morgan fingerprint density at radius 2 is 2.17 bits per heavy atom. The monoisotopic (exact) mass is 346 g/mol. The fourth-order valence-corrected chi connectivity index (χ4v) is 5.22. The minimum absolute atomic E-state index is 0.0882. The van der Waals surface area contributed by atoms with Crippen LogP contribution in [-0.4, -0.2) is 29.8 Å². The third-order valence-corrected chi connectivity index (χ3v) is 7.08. The molecule has 1 spiro atoms. The number of nitrogens with zero attached hydrogens (tertiary/aromatic N) is 1. The normalized spacial score (nSPS) is 29.3. The molecule has 2 heterocycles. The van der Waals surface area contributed by atoms with Crippen molar-refractivity contribution in [3.05, 3.63) is 22.4 Å². The fraction of sp³-hybridized carbons (Fsp3) is 0.684. The molecule has 0 bridgehead atoms. The van der Waals surface area contributed by atoms with Gasteiger partial charge >= 0.3 is 0 Å². The highest BCUT2D eigenvalue weighted by Crippen LogP contribution is 2.58. The zero-order valence-corrected chi connectivity index (χ0v) is 14.9. The quantitative estimate of drug-likeness (QED) is 0.890. The Bertz CT molecular complexity index is 609. The van der Waals surface area contributed by atoms with Crippen LogP contribution in [0.1, 0.15) is 49.8 Å². The van der Waals surface area contributed by atoms with Gasteiger partial charge in [-0.3, -0.25) is 9.59 Å². The van der Waals surface area contributed by atoms with E-state index in [1.807, 2.05) is 22.4 Å². The first kappa shape index (κ1) is 16.1. The zero-order valence-electron chi connectivity index (χ0n) is 14.1. The van der Waals surface area contributed by atoms with E-state index >= 15 is 0 Å².